The third kappa shape index (κ3) is 4.07. The minimum absolute atomic E-state index is 0.212. The second-order valence-electron chi connectivity index (χ2n) is 7.28. The smallest absolute Gasteiger partial charge is 0.262 e. The summed E-state index contributed by atoms with van der Waals surface area (Å²) in [5, 5.41) is 4.26. The molecule has 8 heteroatoms. The highest BCUT2D eigenvalue weighted by molar-refractivity contribution is 7.92. The normalized spacial score (nSPS) is 15.9. The molecule has 2 heterocycles. The first-order valence-corrected chi connectivity index (χ1v) is 10.8. The summed E-state index contributed by atoms with van der Waals surface area (Å²) in [5.74, 6) is 1.42. The van der Waals surface area contributed by atoms with Crippen molar-refractivity contribution in [3.63, 3.8) is 0 Å². The molecular formula is C21H23N3O4S. The highest BCUT2D eigenvalue weighted by Crippen LogP contribution is 2.31. The van der Waals surface area contributed by atoms with E-state index in [0.717, 1.165) is 11.3 Å². The van der Waals surface area contributed by atoms with Crippen molar-refractivity contribution in [3.8, 4) is 11.5 Å². The predicted octanol–water partition coefficient (Wildman–Crippen LogP) is 3.45. The van der Waals surface area contributed by atoms with Gasteiger partial charge in [0, 0.05) is 6.20 Å². The molecule has 1 aromatic heterocycles. The van der Waals surface area contributed by atoms with E-state index in [2.05, 4.69) is 9.82 Å². The number of aromatic nitrogens is 2. The Bertz CT molecular complexity index is 1130. The van der Waals surface area contributed by atoms with Crippen LogP contribution in [0.25, 0.3) is 0 Å². The SMILES string of the molecule is Cc1cc(C)c(S(=O)(=O)Nc2cnn(CC3COc4ccccc4O3)c2)c(C)c1. The zero-order valence-electron chi connectivity index (χ0n) is 16.5. The van der Waals surface area contributed by atoms with E-state index >= 15 is 0 Å². The molecule has 1 unspecified atom stereocenters. The lowest BCUT2D eigenvalue weighted by Gasteiger charge is -2.26. The molecule has 3 aromatic rings. The molecule has 1 N–H and O–H groups in total. The zero-order chi connectivity index (χ0) is 20.6. The molecule has 7 nitrogen and oxygen atoms in total. The largest absolute Gasteiger partial charge is 0.486 e. The third-order valence-electron chi connectivity index (χ3n) is 4.72. The van der Waals surface area contributed by atoms with Gasteiger partial charge in [-0.1, -0.05) is 29.8 Å². The van der Waals surface area contributed by atoms with Gasteiger partial charge in [0.15, 0.2) is 17.6 Å². The van der Waals surface area contributed by atoms with Gasteiger partial charge in [0.25, 0.3) is 10.0 Å². The number of anilines is 1. The number of hydrogen-bond donors (Lipinski definition) is 1. The lowest BCUT2D eigenvalue weighted by Crippen LogP contribution is -2.33. The van der Waals surface area contributed by atoms with Crippen LogP contribution in [0, 0.1) is 20.8 Å². The molecule has 1 aliphatic heterocycles. The topological polar surface area (TPSA) is 82.5 Å². The van der Waals surface area contributed by atoms with Crippen LogP contribution >= 0.6 is 0 Å². The van der Waals surface area contributed by atoms with Crippen LogP contribution in [0.5, 0.6) is 11.5 Å². The highest BCUT2D eigenvalue weighted by atomic mass is 32.2. The Morgan fingerprint density at radius 3 is 2.55 bits per heavy atom. The Kier molecular flexibility index (Phi) is 4.96. The Hall–Kier alpha value is -3.00. The van der Waals surface area contributed by atoms with Gasteiger partial charge in [0.1, 0.15) is 6.61 Å². The van der Waals surface area contributed by atoms with Gasteiger partial charge in [-0.05, 0) is 44.0 Å². The van der Waals surface area contributed by atoms with Gasteiger partial charge in [-0.2, -0.15) is 5.10 Å². The van der Waals surface area contributed by atoms with E-state index in [1.54, 1.807) is 24.7 Å². The summed E-state index contributed by atoms with van der Waals surface area (Å²) in [6.45, 7) is 6.40. The Labute approximate surface area is 170 Å². The number of aryl methyl sites for hydroxylation is 3. The summed E-state index contributed by atoms with van der Waals surface area (Å²) >= 11 is 0. The maximum Gasteiger partial charge on any atom is 0.262 e. The molecule has 0 aliphatic carbocycles. The molecule has 0 saturated heterocycles. The highest BCUT2D eigenvalue weighted by Gasteiger charge is 2.23. The summed E-state index contributed by atoms with van der Waals surface area (Å²) in [6.07, 6.45) is 2.93. The van der Waals surface area contributed by atoms with E-state index in [1.807, 2.05) is 43.3 Å². The molecule has 29 heavy (non-hydrogen) atoms. The predicted molar refractivity (Wildman–Crippen MR) is 110 cm³/mol. The average molecular weight is 413 g/mol. The van der Waals surface area contributed by atoms with Crippen LogP contribution in [0.15, 0.2) is 53.7 Å². The number of ether oxygens (including phenoxy) is 2. The molecule has 2 aromatic carbocycles. The molecule has 0 amide bonds. The van der Waals surface area contributed by atoms with E-state index in [9.17, 15) is 8.42 Å². The Morgan fingerprint density at radius 2 is 1.83 bits per heavy atom. The van der Waals surface area contributed by atoms with Crippen LogP contribution in [-0.4, -0.2) is 30.9 Å². The number of nitrogens with zero attached hydrogens (tertiary/aromatic N) is 2. The summed E-state index contributed by atoms with van der Waals surface area (Å²) in [4.78, 5) is 0.302. The molecule has 0 fully saturated rings. The monoisotopic (exact) mass is 413 g/mol. The summed E-state index contributed by atoms with van der Waals surface area (Å²) in [6, 6.07) is 11.2. The summed E-state index contributed by atoms with van der Waals surface area (Å²) in [7, 11) is -3.71. The van der Waals surface area contributed by atoms with Crippen LogP contribution in [0.1, 0.15) is 16.7 Å². The van der Waals surface area contributed by atoms with Crippen molar-refractivity contribution in [2.24, 2.45) is 0 Å². The maximum absolute atomic E-state index is 12.9. The molecule has 1 atom stereocenters. The van der Waals surface area contributed by atoms with Crippen LogP contribution in [-0.2, 0) is 16.6 Å². The van der Waals surface area contributed by atoms with Gasteiger partial charge in [0.2, 0.25) is 0 Å². The summed E-state index contributed by atoms with van der Waals surface area (Å²) < 4.78 is 41.7. The third-order valence-corrected chi connectivity index (χ3v) is 6.40. The molecule has 1 aliphatic rings. The first-order chi connectivity index (χ1) is 13.8. The number of sulfonamides is 1. The fourth-order valence-corrected chi connectivity index (χ4v) is 5.16. The van der Waals surface area contributed by atoms with Crippen molar-refractivity contribution < 1.29 is 17.9 Å². The molecule has 0 saturated carbocycles. The van der Waals surface area contributed by atoms with Gasteiger partial charge in [-0.15, -0.1) is 0 Å². The van der Waals surface area contributed by atoms with E-state index in [-0.39, 0.29) is 6.10 Å². The minimum atomic E-state index is -3.71. The number of para-hydroxylation sites is 2. The van der Waals surface area contributed by atoms with Crippen LogP contribution in [0.4, 0.5) is 5.69 Å². The molecular weight excluding hydrogens is 390 g/mol. The maximum atomic E-state index is 12.9. The molecule has 0 radical (unpaired) electrons. The second kappa shape index (κ2) is 7.44. The Morgan fingerprint density at radius 1 is 1.14 bits per heavy atom. The lowest BCUT2D eigenvalue weighted by atomic mass is 10.1. The van der Waals surface area contributed by atoms with Crippen molar-refractivity contribution in [3.05, 3.63) is 65.5 Å². The number of nitrogens with one attached hydrogen (secondary N) is 1. The molecule has 0 bridgehead atoms. The fraction of sp³-hybridized carbons (Fsp3) is 0.286. The van der Waals surface area contributed by atoms with Crippen molar-refractivity contribution >= 4 is 15.7 Å². The standard InChI is InChI=1S/C21H23N3O4S/c1-14-8-15(2)21(16(3)9-14)29(25,26)23-17-10-22-24(11-17)12-18-13-27-19-6-4-5-7-20(19)28-18/h4-11,18,23H,12-13H2,1-3H3. The first kappa shape index (κ1) is 19.3. The van der Waals surface area contributed by atoms with Gasteiger partial charge < -0.3 is 9.47 Å². The van der Waals surface area contributed by atoms with E-state index in [0.29, 0.717) is 40.6 Å². The molecule has 4 rings (SSSR count). The average Bonchev–Trinajstić information content (AvgIpc) is 3.06. The molecule has 152 valence electrons. The molecule has 0 spiro atoms. The van der Waals surface area contributed by atoms with Crippen molar-refractivity contribution in [1.82, 2.24) is 9.78 Å². The van der Waals surface area contributed by atoms with E-state index in [4.69, 9.17) is 9.47 Å². The fourth-order valence-electron chi connectivity index (χ4n) is 3.67. The number of benzene rings is 2. The van der Waals surface area contributed by atoms with Gasteiger partial charge >= 0.3 is 0 Å². The van der Waals surface area contributed by atoms with Crippen LogP contribution in [0.3, 0.4) is 0 Å². The van der Waals surface area contributed by atoms with Crippen LogP contribution in [0.2, 0.25) is 0 Å². The second-order valence-corrected chi connectivity index (χ2v) is 8.90. The quantitative estimate of drug-likeness (QED) is 0.693. The lowest BCUT2D eigenvalue weighted by molar-refractivity contribution is 0.0759. The van der Waals surface area contributed by atoms with Crippen LogP contribution < -0.4 is 14.2 Å². The van der Waals surface area contributed by atoms with Gasteiger partial charge in [-0.25, -0.2) is 8.42 Å². The van der Waals surface area contributed by atoms with Crippen molar-refractivity contribution in [1.29, 1.82) is 0 Å². The number of fused-ring (bicyclic) bond motifs is 1. The van der Waals surface area contributed by atoms with Gasteiger partial charge in [-0.3, -0.25) is 9.40 Å². The van der Waals surface area contributed by atoms with Gasteiger partial charge in [0.05, 0.1) is 23.3 Å². The Balaban J connectivity index is 1.47. The minimum Gasteiger partial charge on any atom is -0.486 e. The number of hydrogen-bond acceptors (Lipinski definition) is 5. The van der Waals surface area contributed by atoms with Crippen molar-refractivity contribution in [2.75, 3.05) is 11.3 Å². The van der Waals surface area contributed by atoms with E-state index < -0.39 is 10.0 Å². The first-order valence-electron chi connectivity index (χ1n) is 9.33. The summed E-state index contributed by atoms with van der Waals surface area (Å²) in [5.41, 5.74) is 2.87. The number of rotatable bonds is 5. The van der Waals surface area contributed by atoms with Crippen molar-refractivity contribution in [2.45, 2.75) is 38.3 Å². The zero-order valence-corrected chi connectivity index (χ0v) is 17.4. The van der Waals surface area contributed by atoms with E-state index in [1.165, 1.54) is 6.20 Å².